The average Bonchev–Trinajstić information content (AvgIpc) is 3.34. The van der Waals surface area contributed by atoms with Gasteiger partial charge in [0.2, 0.25) is 0 Å². The van der Waals surface area contributed by atoms with Crippen LogP contribution in [-0.4, -0.2) is 49.8 Å². The van der Waals surface area contributed by atoms with Crippen molar-refractivity contribution in [3.8, 4) is 0 Å². The average molecular weight is 469 g/mol. The van der Waals surface area contributed by atoms with Crippen LogP contribution in [0.15, 0.2) is 46.0 Å². The summed E-state index contributed by atoms with van der Waals surface area (Å²) >= 11 is 1.27. The molecule has 31 heavy (non-hydrogen) atoms. The molecule has 1 aromatic heterocycles. The molecule has 0 radical (unpaired) electrons. The van der Waals surface area contributed by atoms with E-state index in [9.17, 15) is 22.0 Å². The zero-order valence-corrected chi connectivity index (χ0v) is 17.7. The Morgan fingerprint density at radius 3 is 2.77 bits per heavy atom. The number of methoxy groups -OCH3 is 1. The molecule has 4 rings (SSSR count). The monoisotopic (exact) mass is 469 g/mol. The molecule has 2 atom stereocenters. The second kappa shape index (κ2) is 8.07. The second-order valence-corrected chi connectivity index (χ2v) is 9.11. The van der Waals surface area contributed by atoms with Crippen molar-refractivity contribution in [2.75, 3.05) is 13.7 Å². The zero-order valence-electron chi connectivity index (χ0n) is 16.1. The number of carbonyl (C=O) groups excluding carboxylic acids is 1. The highest BCUT2D eigenvalue weighted by molar-refractivity contribution is 7.87. The molecule has 3 N–H and O–H groups in total. The van der Waals surface area contributed by atoms with Gasteiger partial charge in [0.25, 0.3) is 10.2 Å². The standard InChI is InChI=1S/C18H17F2N5O4S2/c1-29-18(26)14-13-7-10(24-31(21,27)28)8-25(13)16(17-22-4-5-30-17)23-15(14)11-3-2-9(19)6-12(11)20/h2-6,10,15,24H,7-8H2,1H3,(H2,21,27,28)/t10-,15-/m0/s1. The van der Waals surface area contributed by atoms with E-state index in [0.717, 1.165) is 6.07 Å². The lowest BCUT2D eigenvalue weighted by Gasteiger charge is -2.31. The Hall–Kier alpha value is -2.74. The van der Waals surface area contributed by atoms with E-state index in [2.05, 4.69) is 14.7 Å². The number of benzene rings is 1. The third-order valence-corrected chi connectivity index (χ3v) is 6.31. The van der Waals surface area contributed by atoms with Crippen molar-refractivity contribution in [1.82, 2.24) is 14.6 Å². The number of amidine groups is 1. The summed E-state index contributed by atoms with van der Waals surface area (Å²) in [6.07, 6.45) is 1.65. The lowest BCUT2D eigenvalue weighted by Crippen LogP contribution is -2.42. The first-order chi connectivity index (χ1) is 14.7. The number of nitrogens with one attached hydrogen (secondary N) is 1. The van der Waals surface area contributed by atoms with Crippen molar-refractivity contribution in [2.24, 2.45) is 10.1 Å². The maximum Gasteiger partial charge on any atom is 0.338 e. The summed E-state index contributed by atoms with van der Waals surface area (Å²) in [5.74, 6) is -2.06. The molecule has 1 aromatic carbocycles. The van der Waals surface area contributed by atoms with Crippen LogP contribution in [0.2, 0.25) is 0 Å². The van der Waals surface area contributed by atoms with E-state index >= 15 is 0 Å². The molecule has 0 unspecified atom stereocenters. The van der Waals surface area contributed by atoms with Crippen molar-refractivity contribution >= 4 is 33.4 Å². The quantitative estimate of drug-likeness (QED) is 0.634. The van der Waals surface area contributed by atoms with Gasteiger partial charge in [-0.05, 0) is 6.07 Å². The molecule has 3 heterocycles. The van der Waals surface area contributed by atoms with Crippen molar-refractivity contribution in [2.45, 2.75) is 18.5 Å². The molecule has 164 valence electrons. The Kier molecular flexibility index (Phi) is 5.60. The fraction of sp³-hybridized carbons (Fsp3) is 0.278. The highest BCUT2D eigenvalue weighted by atomic mass is 32.2. The Morgan fingerprint density at radius 2 is 2.16 bits per heavy atom. The van der Waals surface area contributed by atoms with E-state index in [1.54, 1.807) is 16.5 Å². The van der Waals surface area contributed by atoms with Gasteiger partial charge in [-0.3, -0.25) is 4.99 Å². The van der Waals surface area contributed by atoms with Crippen molar-refractivity contribution in [3.63, 3.8) is 0 Å². The first-order valence-corrected chi connectivity index (χ1v) is 11.4. The minimum Gasteiger partial charge on any atom is -0.466 e. The number of carbonyl (C=O) groups is 1. The van der Waals surface area contributed by atoms with E-state index in [-0.39, 0.29) is 24.1 Å². The molecule has 0 spiro atoms. The molecule has 2 aliphatic rings. The number of halogens is 2. The molecule has 1 saturated heterocycles. The summed E-state index contributed by atoms with van der Waals surface area (Å²) in [5.41, 5.74) is 0.417. The SMILES string of the molecule is COC(=O)C1=C2C[C@H](NS(N)(=O)=O)CN2C(c2nccs2)=N[C@H]1c1ccc(F)cc1F. The summed E-state index contributed by atoms with van der Waals surface area (Å²) in [7, 11) is -2.84. The van der Waals surface area contributed by atoms with Gasteiger partial charge in [-0.25, -0.2) is 23.7 Å². The largest absolute Gasteiger partial charge is 0.466 e. The van der Waals surface area contributed by atoms with E-state index in [1.165, 1.54) is 24.5 Å². The molecule has 0 bridgehead atoms. The number of aliphatic imine (C=N–C) groups is 1. The lowest BCUT2D eigenvalue weighted by molar-refractivity contribution is -0.136. The molecule has 13 heteroatoms. The molecule has 0 saturated carbocycles. The third kappa shape index (κ3) is 4.21. The van der Waals surface area contributed by atoms with Crippen LogP contribution >= 0.6 is 11.3 Å². The Bertz CT molecular complexity index is 1200. The maximum absolute atomic E-state index is 14.7. The van der Waals surface area contributed by atoms with Crippen molar-refractivity contribution < 1.29 is 26.7 Å². The first-order valence-electron chi connectivity index (χ1n) is 8.99. The van der Waals surface area contributed by atoms with Crippen LogP contribution in [0.4, 0.5) is 8.78 Å². The first kappa shape index (κ1) is 21.5. The normalized spacial score (nSPS) is 21.2. The molecule has 9 nitrogen and oxygen atoms in total. The van der Waals surface area contributed by atoms with Crippen molar-refractivity contribution in [1.29, 1.82) is 0 Å². The summed E-state index contributed by atoms with van der Waals surface area (Å²) in [6, 6.07) is 1.20. The molecule has 2 aliphatic heterocycles. The summed E-state index contributed by atoms with van der Waals surface area (Å²) in [6.45, 7) is 0.128. The van der Waals surface area contributed by atoms with Gasteiger partial charge in [0.05, 0.1) is 12.7 Å². The number of rotatable bonds is 5. The number of esters is 1. The lowest BCUT2D eigenvalue weighted by atomic mass is 9.94. The van der Waals surface area contributed by atoms with Crippen LogP contribution in [-0.2, 0) is 19.7 Å². The Morgan fingerprint density at radius 1 is 1.39 bits per heavy atom. The minimum absolute atomic E-state index is 0.0224. The van der Waals surface area contributed by atoms with Crippen LogP contribution in [0, 0.1) is 11.6 Å². The number of ether oxygens (including phenoxy) is 1. The van der Waals surface area contributed by atoms with Crippen LogP contribution < -0.4 is 9.86 Å². The van der Waals surface area contributed by atoms with Gasteiger partial charge < -0.3 is 9.64 Å². The van der Waals surface area contributed by atoms with Gasteiger partial charge in [0.15, 0.2) is 10.8 Å². The topological polar surface area (TPSA) is 127 Å². The van der Waals surface area contributed by atoms with E-state index < -0.39 is 39.9 Å². The fourth-order valence-electron chi connectivity index (χ4n) is 3.73. The Balaban J connectivity index is 1.89. The Labute approximate surface area is 180 Å². The van der Waals surface area contributed by atoms with Crippen molar-refractivity contribution in [3.05, 3.63) is 63.3 Å². The van der Waals surface area contributed by atoms with E-state index in [4.69, 9.17) is 9.88 Å². The summed E-state index contributed by atoms with van der Waals surface area (Å²) < 4.78 is 58.5. The number of nitrogens with zero attached hydrogens (tertiary/aromatic N) is 3. The van der Waals surface area contributed by atoms with Gasteiger partial charge in [-0.2, -0.15) is 13.1 Å². The second-order valence-electron chi connectivity index (χ2n) is 6.88. The highest BCUT2D eigenvalue weighted by Crippen LogP contribution is 2.41. The van der Waals surface area contributed by atoms with Crippen LogP contribution in [0.25, 0.3) is 0 Å². The molecule has 0 aliphatic carbocycles. The van der Waals surface area contributed by atoms with E-state index in [1.807, 2.05) is 0 Å². The molecule has 1 fully saturated rings. The van der Waals surface area contributed by atoms with Gasteiger partial charge in [0, 0.05) is 47.9 Å². The number of aromatic nitrogens is 1. The van der Waals surface area contributed by atoms with Gasteiger partial charge >= 0.3 is 5.97 Å². The predicted molar refractivity (Wildman–Crippen MR) is 108 cm³/mol. The number of thiazole rings is 1. The smallest absolute Gasteiger partial charge is 0.338 e. The number of hydrogen-bond acceptors (Lipinski definition) is 8. The van der Waals surface area contributed by atoms with Gasteiger partial charge in [-0.15, -0.1) is 11.3 Å². The minimum atomic E-state index is -4.01. The molecule has 0 amide bonds. The number of fused-ring (bicyclic) bond motifs is 1. The third-order valence-electron chi connectivity index (χ3n) is 4.88. The molecular weight excluding hydrogens is 452 g/mol. The maximum atomic E-state index is 14.7. The summed E-state index contributed by atoms with van der Waals surface area (Å²) in [4.78, 5) is 23.2. The molecule has 2 aromatic rings. The van der Waals surface area contributed by atoms with E-state index in [0.29, 0.717) is 22.6 Å². The highest BCUT2D eigenvalue weighted by Gasteiger charge is 2.43. The van der Waals surface area contributed by atoms with Crippen LogP contribution in [0.5, 0.6) is 0 Å². The predicted octanol–water partition coefficient (Wildman–Crippen LogP) is 1.22. The van der Waals surface area contributed by atoms with Crippen LogP contribution in [0.1, 0.15) is 23.0 Å². The fourth-order valence-corrected chi connectivity index (χ4v) is 4.99. The van der Waals surface area contributed by atoms with Crippen LogP contribution in [0.3, 0.4) is 0 Å². The van der Waals surface area contributed by atoms with Gasteiger partial charge in [-0.1, -0.05) is 6.07 Å². The summed E-state index contributed by atoms with van der Waals surface area (Å²) in [5, 5.41) is 7.33. The zero-order chi connectivity index (χ0) is 22.3. The molecular formula is C18H17F2N5O4S2. The van der Waals surface area contributed by atoms with Gasteiger partial charge in [0.1, 0.15) is 17.7 Å². The number of nitrogens with two attached hydrogens (primary N) is 1. The number of hydrogen-bond donors (Lipinski definition) is 2.